The van der Waals surface area contributed by atoms with Crippen molar-refractivity contribution in [2.45, 2.75) is 19.1 Å². The van der Waals surface area contributed by atoms with Crippen LogP contribution in [0.25, 0.3) is 5.69 Å². The van der Waals surface area contributed by atoms with Gasteiger partial charge in [0.25, 0.3) is 5.91 Å². The van der Waals surface area contributed by atoms with E-state index >= 15 is 0 Å². The molecule has 2 atom stereocenters. The fourth-order valence-corrected chi connectivity index (χ4v) is 2.76. The summed E-state index contributed by atoms with van der Waals surface area (Å²) in [4.78, 5) is 16.7. The minimum atomic E-state index is -0.625. The molecule has 128 valence electrons. The van der Waals surface area contributed by atoms with Crippen molar-refractivity contribution in [2.75, 3.05) is 7.11 Å². The zero-order valence-electron chi connectivity index (χ0n) is 14.3. The molecular formula is C20H21N3O2. The van der Waals surface area contributed by atoms with Gasteiger partial charge in [-0.2, -0.15) is 0 Å². The van der Waals surface area contributed by atoms with E-state index in [2.05, 4.69) is 10.3 Å². The number of benzene rings is 2. The number of amides is 1. The van der Waals surface area contributed by atoms with Gasteiger partial charge < -0.3 is 14.6 Å². The number of methoxy groups -OCH3 is 1. The van der Waals surface area contributed by atoms with Crippen LogP contribution >= 0.6 is 0 Å². The smallest absolute Gasteiger partial charge is 0.254 e. The summed E-state index contributed by atoms with van der Waals surface area (Å²) in [5, 5.41) is 3.03. The van der Waals surface area contributed by atoms with Crippen LogP contribution in [-0.4, -0.2) is 22.6 Å². The van der Waals surface area contributed by atoms with Crippen LogP contribution in [0.3, 0.4) is 0 Å². The lowest BCUT2D eigenvalue weighted by atomic mass is 10.1. The second kappa shape index (κ2) is 7.77. The molecule has 1 heterocycles. The zero-order chi connectivity index (χ0) is 17.6. The quantitative estimate of drug-likeness (QED) is 0.751. The minimum absolute atomic E-state index is 0.141. The number of aromatic nitrogens is 2. The molecule has 5 heteroatoms. The Morgan fingerprint density at radius 2 is 1.88 bits per heavy atom. The van der Waals surface area contributed by atoms with E-state index in [9.17, 15) is 4.79 Å². The number of rotatable bonds is 6. The number of hydrogen-bond donors (Lipinski definition) is 1. The van der Waals surface area contributed by atoms with Gasteiger partial charge in [0.2, 0.25) is 0 Å². The monoisotopic (exact) mass is 335 g/mol. The highest BCUT2D eigenvalue weighted by atomic mass is 16.5. The number of carbonyl (C=O) groups is 1. The largest absolute Gasteiger partial charge is 0.367 e. The van der Waals surface area contributed by atoms with E-state index in [1.165, 1.54) is 0 Å². The number of imidazole rings is 1. The molecule has 0 aliphatic heterocycles. The summed E-state index contributed by atoms with van der Waals surface area (Å²) in [6.07, 6.45) is 4.75. The lowest BCUT2D eigenvalue weighted by molar-refractivity contribution is -0.132. The van der Waals surface area contributed by atoms with E-state index in [1.54, 1.807) is 19.6 Å². The van der Waals surface area contributed by atoms with Crippen molar-refractivity contribution in [1.82, 2.24) is 14.9 Å². The van der Waals surface area contributed by atoms with Crippen LogP contribution in [-0.2, 0) is 9.53 Å². The van der Waals surface area contributed by atoms with Crippen molar-refractivity contribution >= 4 is 5.91 Å². The Morgan fingerprint density at radius 1 is 1.12 bits per heavy atom. The number of nitrogens with zero attached hydrogens (tertiary/aromatic N) is 2. The van der Waals surface area contributed by atoms with Crippen molar-refractivity contribution in [3.63, 3.8) is 0 Å². The lowest BCUT2D eigenvalue weighted by Gasteiger charge is -2.20. The highest BCUT2D eigenvalue weighted by Crippen LogP contribution is 2.20. The molecule has 3 aromatic rings. The molecule has 0 spiro atoms. The number of carbonyl (C=O) groups excluding carboxylic acids is 1. The number of ether oxygens (including phenoxy) is 1. The van der Waals surface area contributed by atoms with Crippen LogP contribution in [0.5, 0.6) is 0 Å². The maximum absolute atomic E-state index is 12.6. The fraction of sp³-hybridized carbons (Fsp3) is 0.200. The first kappa shape index (κ1) is 16.9. The highest BCUT2D eigenvalue weighted by Gasteiger charge is 2.21. The van der Waals surface area contributed by atoms with Gasteiger partial charge in [-0.25, -0.2) is 4.98 Å². The molecule has 3 rings (SSSR count). The molecule has 0 aliphatic rings. The van der Waals surface area contributed by atoms with Crippen LogP contribution in [0.1, 0.15) is 30.2 Å². The van der Waals surface area contributed by atoms with Gasteiger partial charge in [-0.05, 0) is 30.2 Å². The molecule has 0 saturated carbocycles. The second-order valence-corrected chi connectivity index (χ2v) is 5.82. The lowest BCUT2D eigenvalue weighted by Crippen LogP contribution is -2.32. The standard InChI is InChI=1S/C20H21N3O2/c1-15(17-9-6-10-18(13-17)23-12-11-21-14-23)22-20(24)19(25-2)16-7-4-3-5-8-16/h3-15,19H,1-2H3,(H,22,24). The highest BCUT2D eigenvalue weighted by molar-refractivity contribution is 5.82. The van der Waals surface area contributed by atoms with E-state index in [4.69, 9.17) is 4.74 Å². The Morgan fingerprint density at radius 3 is 2.56 bits per heavy atom. The number of nitrogens with one attached hydrogen (secondary N) is 1. The molecule has 1 amide bonds. The molecule has 0 saturated heterocycles. The fourth-order valence-electron chi connectivity index (χ4n) is 2.76. The van der Waals surface area contributed by atoms with Crippen molar-refractivity contribution < 1.29 is 9.53 Å². The third kappa shape index (κ3) is 3.95. The predicted molar refractivity (Wildman–Crippen MR) is 96.3 cm³/mol. The van der Waals surface area contributed by atoms with E-state index in [0.717, 1.165) is 16.8 Å². The van der Waals surface area contributed by atoms with Crippen molar-refractivity contribution in [1.29, 1.82) is 0 Å². The van der Waals surface area contributed by atoms with Crippen LogP contribution in [0, 0.1) is 0 Å². The topological polar surface area (TPSA) is 56.1 Å². The zero-order valence-corrected chi connectivity index (χ0v) is 14.3. The van der Waals surface area contributed by atoms with Crippen LogP contribution < -0.4 is 5.32 Å². The average Bonchev–Trinajstić information content (AvgIpc) is 3.18. The maximum atomic E-state index is 12.6. The SMILES string of the molecule is COC(C(=O)NC(C)c1cccc(-n2ccnc2)c1)c1ccccc1. The van der Waals surface area contributed by atoms with Gasteiger partial charge in [0, 0.05) is 25.2 Å². The predicted octanol–water partition coefficient (Wildman–Crippen LogP) is 3.44. The molecule has 1 aromatic heterocycles. The molecule has 0 fully saturated rings. The normalized spacial score (nSPS) is 13.2. The summed E-state index contributed by atoms with van der Waals surface area (Å²) in [5.41, 5.74) is 2.85. The Hall–Kier alpha value is -2.92. The Balaban J connectivity index is 1.74. The van der Waals surface area contributed by atoms with Gasteiger partial charge >= 0.3 is 0 Å². The van der Waals surface area contributed by atoms with Crippen LogP contribution in [0.2, 0.25) is 0 Å². The molecule has 5 nitrogen and oxygen atoms in total. The van der Waals surface area contributed by atoms with Gasteiger partial charge in [-0.15, -0.1) is 0 Å². The summed E-state index contributed by atoms with van der Waals surface area (Å²) in [5.74, 6) is -0.158. The minimum Gasteiger partial charge on any atom is -0.367 e. The Labute approximate surface area is 147 Å². The molecular weight excluding hydrogens is 314 g/mol. The van der Waals surface area contributed by atoms with Crippen LogP contribution in [0.15, 0.2) is 73.3 Å². The summed E-state index contributed by atoms with van der Waals surface area (Å²) < 4.78 is 7.32. The van der Waals surface area contributed by atoms with Crippen molar-refractivity contribution in [3.05, 3.63) is 84.4 Å². The van der Waals surface area contributed by atoms with Gasteiger partial charge in [0.05, 0.1) is 12.4 Å². The van der Waals surface area contributed by atoms with E-state index < -0.39 is 6.10 Å². The van der Waals surface area contributed by atoms with E-state index in [-0.39, 0.29) is 11.9 Å². The third-order valence-corrected chi connectivity index (χ3v) is 4.11. The molecule has 0 radical (unpaired) electrons. The summed E-state index contributed by atoms with van der Waals surface area (Å²) in [7, 11) is 1.54. The summed E-state index contributed by atoms with van der Waals surface area (Å²) in [6.45, 7) is 1.96. The molecule has 2 unspecified atom stereocenters. The summed E-state index contributed by atoms with van der Waals surface area (Å²) in [6, 6.07) is 17.3. The van der Waals surface area contributed by atoms with Gasteiger partial charge in [0.15, 0.2) is 6.10 Å². The Kier molecular flexibility index (Phi) is 5.26. The molecule has 2 aromatic carbocycles. The van der Waals surface area contributed by atoms with E-state index in [0.29, 0.717) is 0 Å². The first-order valence-corrected chi connectivity index (χ1v) is 8.15. The molecule has 25 heavy (non-hydrogen) atoms. The van der Waals surface area contributed by atoms with Crippen molar-refractivity contribution in [3.8, 4) is 5.69 Å². The Bertz CT molecular complexity index is 816. The number of hydrogen-bond acceptors (Lipinski definition) is 3. The molecule has 1 N–H and O–H groups in total. The maximum Gasteiger partial charge on any atom is 0.254 e. The third-order valence-electron chi connectivity index (χ3n) is 4.11. The average molecular weight is 335 g/mol. The van der Waals surface area contributed by atoms with E-state index in [1.807, 2.05) is 72.3 Å². The van der Waals surface area contributed by atoms with Gasteiger partial charge in [-0.1, -0.05) is 42.5 Å². The van der Waals surface area contributed by atoms with Gasteiger partial charge in [-0.3, -0.25) is 4.79 Å². The van der Waals surface area contributed by atoms with Gasteiger partial charge in [0.1, 0.15) is 0 Å². The second-order valence-electron chi connectivity index (χ2n) is 5.82. The molecule has 0 aliphatic carbocycles. The summed E-state index contributed by atoms with van der Waals surface area (Å²) >= 11 is 0. The molecule has 0 bridgehead atoms. The first-order valence-electron chi connectivity index (χ1n) is 8.15. The van der Waals surface area contributed by atoms with Crippen LogP contribution in [0.4, 0.5) is 0 Å². The van der Waals surface area contributed by atoms with Crippen molar-refractivity contribution in [2.24, 2.45) is 0 Å². The first-order chi connectivity index (χ1) is 12.2.